The maximum absolute atomic E-state index is 5.89. The monoisotopic (exact) mass is 292 g/mol. The van der Waals surface area contributed by atoms with Crippen molar-refractivity contribution >= 4 is 10.9 Å². The van der Waals surface area contributed by atoms with Gasteiger partial charge in [0.15, 0.2) is 0 Å². The molecule has 1 heterocycles. The van der Waals surface area contributed by atoms with E-state index in [1.807, 2.05) is 48.5 Å². The predicted octanol–water partition coefficient (Wildman–Crippen LogP) is 4.23. The zero-order chi connectivity index (χ0) is 15.4. The number of para-hydroxylation sites is 1. The molecule has 2 aromatic carbocycles. The van der Waals surface area contributed by atoms with Crippen LogP contribution in [0.25, 0.3) is 10.9 Å². The number of hydrogen-bond acceptors (Lipinski definition) is 3. The second kappa shape index (κ2) is 6.58. The van der Waals surface area contributed by atoms with Gasteiger partial charge in [-0.15, -0.1) is 0 Å². The fourth-order valence-electron chi connectivity index (χ4n) is 2.53. The lowest BCUT2D eigenvalue weighted by molar-refractivity contribution is 0.483. The normalized spacial score (nSPS) is 10.8. The molecule has 0 spiro atoms. The summed E-state index contributed by atoms with van der Waals surface area (Å²) in [7, 11) is 0. The summed E-state index contributed by atoms with van der Waals surface area (Å²) in [6.45, 7) is 2.76. The van der Waals surface area contributed by atoms with Crippen molar-refractivity contribution in [1.82, 2.24) is 4.98 Å². The van der Waals surface area contributed by atoms with Crippen LogP contribution in [-0.2, 0) is 6.42 Å². The van der Waals surface area contributed by atoms with Crippen molar-refractivity contribution in [3.05, 3.63) is 65.9 Å². The summed E-state index contributed by atoms with van der Waals surface area (Å²) in [6.07, 6.45) is 1.95. The molecule has 1 aromatic heterocycles. The lowest BCUT2D eigenvalue weighted by Gasteiger charge is -2.09. The van der Waals surface area contributed by atoms with E-state index in [2.05, 4.69) is 18.0 Å². The van der Waals surface area contributed by atoms with Gasteiger partial charge in [0, 0.05) is 11.1 Å². The van der Waals surface area contributed by atoms with Gasteiger partial charge in [0.05, 0.1) is 5.52 Å². The molecule has 0 unspecified atom stereocenters. The maximum atomic E-state index is 5.89. The molecule has 0 amide bonds. The Morgan fingerprint density at radius 3 is 2.59 bits per heavy atom. The maximum Gasteiger partial charge on any atom is 0.128 e. The zero-order valence-corrected chi connectivity index (χ0v) is 12.8. The lowest BCUT2D eigenvalue weighted by atomic mass is 10.1. The minimum atomic E-state index is 0.703. The van der Waals surface area contributed by atoms with Crippen molar-refractivity contribution in [2.45, 2.75) is 19.8 Å². The molecule has 0 saturated heterocycles. The van der Waals surface area contributed by atoms with Crippen molar-refractivity contribution in [3.63, 3.8) is 0 Å². The molecule has 0 atom stereocenters. The summed E-state index contributed by atoms with van der Waals surface area (Å²) in [5.41, 5.74) is 8.94. The third-order valence-corrected chi connectivity index (χ3v) is 3.71. The van der Waals surface area contributed by atoms with Crippen LogP contribution >= 0.6 is 0 Å². The zero-order valence-electron chi connectivity index (χ0n) is 12.8. The van der Waals surface area contributed by atoms with E-state index >= 15 is 0 Å². The quantitative estimate of drug-likeness (QED) is 0.765. The first-order valence-electron chi connectivity index (χ1n) is 7.59. The van der Waals surface area contributed by atoms with Gasteiger partial charge in [-0.25, -0.2) is 0 Å². The highest BCUT2D eigenvalue weighted by Gasteiger charge is 2.05. The third kappa shape index (κ3) is 3.26. The van der Waals surface area contributed by atoms with Crippen LogP contribution in [0.15, 0.2) is 54.6 Å². The van der Waals surface area contributed by atoms with E-state index in [1.165, 1.54) is 5.56 Å². The number of aromatic nitrogens is 1. The molecule has 0 bridgehead atoms. The Morgan fingerprint density at radius 1 is 1.00 bits per heavy atom. The second-order valence-corrected chi connectivity index (χ2v) is 5.39. The van der Waals surface area contributed by atoms with Crippen LogP contribution in [0.2, 0.25) is 0 Å². The van der Waals surface area contributed by atoms with E-state index in [4.69, 9.17) is 10.5 Å². The first-order valence-corrected chi connectivity index (χ1v) is 7.59. The number of pyridine rings is 1. The van der Waals surface area contributed by atoms with Gasteiger partial charge in [0.25, 0.3) is 0 Å². The van der Waals surface area contributed by atoms with E-state index in [9.17, 15) is 0 Å². The van der Waals surface area contributed by atoms with E-state index in [1.54, 1.807) is 0 Å². The Kier molecular flexibility index (Phi) is 4.35. The Hall–Kier alpha value is -2.39. The van der Waals surface area contributed by atoms with Crippen LogP contribution < -0.4 is 10.5 Å². The van der Waals surface area contributed by atoms with Gasteiger partial charge in [0.1, 0.15) is 11.5 Å². The number of hydrogen-bond donors (Lipinski definition) is 1. The molecule has 0 radical (unpaired) electrons. The molecule has 22 heavy (non-hydrogen) atoms. The molecular weight excluding hydrogens is 272 g/mol. The standard InChI is InChI=1S/C19H20N2O/c1-14-15(6-5-11-20)12-16-13-18(9-10-19(16)21-14)22-17-7-3-2-4-8-17/h2-4,7-10,12-13H,5-6,11,20H2,1H3. The highest BCUT2D eigenvalue weighted by molar-refractivity contribution is 5.81. The molecule has 3 nitrogen and oxygen atoms in total. The largest absolute Gasteiger partial charge is 0.457 e. The fraction of sp³-hybridized carbons (Fsp3) is 0.211. The number of benzene rings is 2. The summed E-state index contributed by atoms with van der Waals surface area (Å²) in [5, 5.41) is 1.10. The summed E-state index contributed by atoms with van der Waals surface area (Å²) in [6, 6.07) is 18.0. The van der Waals surface area contributed by atoms with Crippen LogP contribution in [-0.4, -0.2) is 11.5 Å². The summed E-state index contributed by atoms with van der Waals surface area (Å²) in [4.78, 5) is 4.68. The lowest BCUT2D eigenvalue weighted by Crippen LogP contribution is -2.02. The number of aryl methyl sites for hydroxylation is 2. The molecule has 112 valence electrons. The Bertz CT molecular complexity index is 769. The number of ether oxygens (including phenoxy) is 1. The van der Waals surface area contributed by atoms with E-state index in [0.717, 1.165) is 40.9 Å². The van der Waals surface area contributed by atoms with Gasteiger partial charge in [-0.05, 0) is 68.3 Å². The van der Waals surface area contributed by atoms with Gasteiger partial charge in [-0.1, -0.05) is 18.2 Å². The number of fused-ring (bicyclic) bond motifs is 1. The van der Waals surface area contributed by atoms with Gasteiger partial charge < -0.3 is 10.5 Å². The second-order valence-electron chi connectivity index (χ2n) is 5.39. The van der Waals surface area contributed by atoms with Crippen LogP contribution in [0.4, 0.5) is 0 Å². The number of nitrogens with two attached hydrogens (primary N) is 1. The fourth-order valence-corrected chi connectivity index (χ4v) is 2.53. The number of rotatable bonds is 5. The molecule has 0 aliphatic heterocycles. The van der Waals surface area contributed by atoms with Crippen LogP contribution in [0.3, 0.4) is 0 Å². The molecule has 0 saturated carbocycles. The summed E-state index contributed by atoms with van der Waals surface area (Å²) >= 11 is 0. The molecule has 3 heteroatoms. The van der Waals surface area contributed by atoms with Crippen LogP contribution in [0.1, 0.15) is 17.7 Å². The van der Waals surface area contributed by atoms with Crippen molar-refractivity contribution in [2.75, 3.05) is 6.54 Å². The van der Waals surface area contributed by atoms with Crippen molar-refractivity contribution < 1.29 is 4.74 Å². The Labute approximate surface area is 130 Å². The van der Waals surface area contributed by atoms with Crippen LogP contribution in [0, 0.1) is 6.92 Å². The molecule has 2 N–H and O–H groups in total. The van der Waals surface area contributed by atoms with Crippen molar-refractivity contribution in [2.24, 2.45) is 5.73 Å². The molecular formula is C19H20N2O. The van der Waals surface area contributed by atoms with E-state index < -0.39 is 0 Å². The highest BCUT2D eigenvalue weighted by Crippen LogP contribution is 2.26. The smallest absolute Gasteiger partial charge is 0.128 e. The molecule has 0 aliphatic carbocycles. The van der Waals surface area contributed by atoms with Crippen LogP contribution in [0.5, 0.6) is 11.5 Å². The SMILES string of the molecule is Cc1nc2ccc(Oc3ccccc3)cc2cc1CCCN. The Balaban J connectivity index is 1.92. The average Bonchev–Trinajstić information content (AvgIpc) is 2.54. The first-order chi connectivity index (χ1) is 10.8. The van der Waals surface area contributed by atoms with E-state index in [0.29, 0.717) is 6.54 Å². The minimum Gasteiger partial charge on any atom is -0.457 e. The van der Waals surface area contributed by atoms with Crippen molar-refractivity contribution in [1.29, 1.82) is 0 Å². The molecule has 0 fully saturated rings. The van der Waals surface area contributed by atoms with Gasteiger partial charge in [-0.3, -0.25) is 4.98 Å². The Morgan fingerprint density at radius 2 is 1.82 bits per heavy atom. The van der Waals surface area contributed by atoms with E-state index in [-0.39, 0.29) is 0 Å². The average molecular weight is 292 g/mol. The minimum absolute atomic E-state index is 0.703. The summed E-state index contributed by atoms with van der Waals surface area (Å²) in [5.74, 6) is 1.67. The number of nitrogens with zero attached hydrogens (tertiary/aromatic N) is 1. The van der Waals surface area contributed by atoms with Gasteiger partial charge in [0.2, 0.25) is 0 Å². The van der Waals surface area contributed by atoms with Gasteiger partial charge in [-0.2, -0.15) is 0 Å². The third-order valence-electron chi connectivity index (χ3n) is 3.71. The molecule has 3 rings (SSSR count). The topological polar surface area (TPSA) is 48.1 Å². The highest BCUT2D eigenvalue weighted by atomic mass is 16.5. The predicted molar refractivity (Wildman–Crippen MR) is 90.4 cm³/mol. The molecule has 0 aliphatic rings. The summed E-state index contributed by atoms with van der Waals surface area (Å²) < 4.78 is 5.89. The first kappa shape index (κ1) is 14.5. The van der Waals surface area contributed by atoms with Crippen molar-refractivity contribution in [3.8, 4) is 11.5 Å². The van der Waals surface area contributed by atoms with Gasteiger partial charge >= 0.3 is 0 Å². The molecule has 3 aromatic rings.